The fourth-order valence-corrected chi connectivity index (χ4v) is 6.99. The molecule has 4 aliphatic rings. The van der Waals surface area contributed by atoms with Crippen molar-refractivity contribution in [2.24, 2.45) is 5.92 Å². The molecule has 2 aliphatic heterocycles. The average Bonchev–Trinajstić information content (AvgIpc) is 3.20. The topological polar surface area (TPSA) is 71.3 Å². The van der Waals surface area contributed by atoms with Crippen LogP contribution in [0.2, 0.25) is 5.02 Å². The van der Waals surface area contributed by atoms with E-state index in [4.69, 9.17) is 11.6 Å². The molecule has 0 radical (unpaired) electrons. The molecule has 1 aromatic heterocycles. The molecule has 2 atom stereocenters. The summed E-state index contributed by atoms with van der Waals surface area (Å²) in [6, 6.07) is 12.7. The van der Waals surface area contributed by atoms with Gasteiger partial charge in [0, 0.05) is 25.6 Å². The van der Waals surface area contributed by atoms with E-state index in [0.717, 1.165) is 37.1 Å². The van der Waals surface area contributed by atoms with Crippen molar-refractivity contribution < 1.29 is 9.59 Å². The number of nitrogens with zero attached hydrogens (tertiary/aromatic N) is 5. The standard InChI is InChI=1S/C30H32ClN5O2/c1-18-29(32-33-36(18)26-10-9-23(15-25(26)31)21-7-8-21)30(38)34-16-24-11-12-35(27(24)17-34)28(37)14-19-5-6-20-3-2-4-22(20)13-19/h5-6,9-10,13,15,21,24,27H,2-4,7-8,11-12,14,16-17H2,1H3/t24-,27+/m0/s1. The lowest BCUT2D eigenvalue weighted by Crippen LogP contribution is -2.41. The summed E-state index contributed by atoms with van der Waals surface area (Å²) in [6.07, 6.45) is 7.26. The maximum atomic E-state index is 13.5. The molecule has 7 rings (SSSR count). The second-order valence-corrected chi connectivity index (χ2v) is 11.9. The van der Waals surface area contributed by atoms with Crippen LogP contribution in [-0.2, 0) is 24.1 Å². The predicted molar refractivity (Wildman–Crippen MR) is 145 cm³/mol. The molecule has 2 aromatic carbocycles. The van der Waals surface area contributed by atoms with E-state index < -0.39 is 0 Å². The van der Waals surface area contributed by atoms with Crippen LogP contribution in [0.15, 0.2) is 36.4 Å². The molecule has 8 heteroatoms. The summed E-state index contributed by atoms with van der Waals surface area (Å²) in [7, 11) is 0. The molecule has 2 amide bonds. The molecular formula is C30H32ClN5O2. The van der Waals surface area contributed by atoms with E-state index in [2.05, 4.69) is 34.6 Å². The third-order valence-electron chi connectivity index (χ3n) is 9.02. The van der Waals surface area contributed by atoms with Gasteiger partial charge in [0.25, 0.3) is 5.91 Å². The zero-order chi connectivity index (χ0) is 26.0. The van der Waals surface area contributed by atoms with Crippen LogP contribution in [0.5, 0.6) is 0 Å². The number of aromatic nitrogens is 3. The molecule has 7 nitrogen and oxygen atoms in total. The minimum Gasteiger partial charge on any atom is -0.337 e. The predicted octanol–water partition coefficient (Wildman–Crippen LogP) is 4.51. The first-order chi connectivity index (χ1) is 18.5. The van der Waals surface area contributed by atoms with Crippen molar-refractivity contribution in [2.45, 2.75) is 63.8 Å². The van der Waals surface area contributed by atoms with Crippen LogP contribution in [0.1, 0.15) is 70.0 Å². The molecule has 3 heterocycles. The Morgan fingerprint density at radius 2 is 1.87 bits per heavy atom. The van der Waals surface area contributed by atoms with Gasteiger partial charge in [-0.15, -0.1) is 5.10 Å². The first kappa shape index (κ1) is 23.9. The van der Waals surface area contributed by atoms with Crippen LogP contribution in [0.4, 0.5) is 0 Å². The Bertz CT molecular complexity index is 1440. The number of fused-ring (bicyclic) bond motifs is 2. The molecule has 0 unspecified atom stereocenters. The second kappa shape index (κ2) is 9.23. The highest BCUT2D eigenvalue weighted by molar-refractivity contribution is 6.32. The van der Waals surface area contributed by atoms with Crippen LogP contribution in [-0.4, -0.2) is 62.3 Å². The van der Waals surface area contributed by atoms with E-state index in [0.29, 0.717) is 47.8 Å². The van der Waals surface area contributed by atoms with Crippen LogP contribution in [0.3, 0.4) is 0 Å². The second-order valence-electron chi connectivity index (χ2n) is 11.5. The van der Waals surface area contributed by atoms with Crippen molar-refractivity contribution in [2.75, 3.05) is 19.6 Å². The fourth-order valence-electron chi connectivity index (χ4n) is 6.72. The number of hydrogen-bond acceptors (Lipinski definition) is 4. The van der Waals surface area contributed by atoms with Gasteiger partial charge in [-0.3, -0.25) is 9.59 Å². The highest BCUT2D eigenvalue weighted by Crippen LogP contribution is 2.41. The van der Waals surface area contributed by atoms with Crippen molar-refractivity contribution in [3.05, 3.63) is 75.1 Å². The Hall–Kier alpha value is -3.19. The van der Waals surface area contributed by atoms with Crippen molar-refractivity contribution in [3.63, 3.8) is 0 Å². The summed E-state index contributed by atoms with van der Waals surface area (Å²) in [5.41, 5.74) is 6.95. The SMILES string of the molecule is Cc1c(C(=O)N2C[C@@H]3CCN(C(=O)Cc4ccc5c(c4)CCC5)[C@@H]3C2)nnn1-c1ccc(C2CC2)cc1Cl. The summed E-state index contributed by atoms with van der Waals surface area (Å²) < 4.78 is 1.66. The fraction of sp³-hybridized carbons (Fsp3) is 0.467. The molecule has 0 N–H and O–H groups in total. The van der Waals surface area contributed by atoms with Crippen molar-refractivity contribution in [1.82, 2.24) is 24.8 Å². The first-order valence-electron chi connectivity index (χ1n) is 13.9. The van der Waals surface area contributed by atoms with Gasteiger partial charge in [-0.1, -0.05) is 41.1 Å². The Labute approximate surface area is 227 Å². The lowest BCUT2D eigenvalue weighted by Gasteiger charge is -2.25. The van der Waals surface area contributed by atoms with E-state index in [9.17, 15) is 9.59 Å². The summed E-state index contributed by atoms with van der Waals surface area (Å²) >= 11 is 6.60. The lowest BCUT2D eigenvalue weighted by atomic mass is 10.0. The molecule has 0 spiro atoms. The molecule has 2 saturated heterocycles. The van der Waals surface area contributed by atoms with Crippen LogP contribution >= 0.6 is 11.6 Å². The van der Waals surface area contributed by atoms with Gasteiger partial charge in [-0.25, -0.2) is 4.68 Å². The van der Waals surface area contributed by atoms with Crippen molar-refractivity contribution in [3.8, 4) is 5.69 Å². The average molecular weight is 530 g/mol. The molecule has 0 bridgehead atoms. The molecule has 3 fully saturated rings. The van der Waals surface area contributed by atoms with Gasteiger partial charge < -0.3 is 9.80 Å². The largest absolute Gasteiger partial charge is 0.337 e. The highest BCUT2D eigenvalue weighted by atomic mass is 35.5. The van der Waals surface area contributed by atoms with Gasteiger partial charge in [-0.05, 0) is 85.8 Å². The third-order valence-corrected chi connectivity index (χ3v) is 9.32. The molecule has 3 aromatic rings. The van der Waals surface area contributed by atoms with Crippen molar-refractivity contribution in [1.29, 1.82) is 0 Å². The number of benzene rings is 2. The van der Waals surface area contributed by atoms with Crippen LogP contribution in [0.25, 0.3) is 5.69 Å². The quantitative estimate of drug-likeness (QED) is 0.487. The monoisotopic (exact) mass is 529 g/mol. The normalized spacial score (nSPS) is 22.2. The maximum Gasteiger partial charge on any atom is 0.276 e. The van der Waals surface area contributed by atoms with E-state index in [1.54, 1.807) is 4.68 Å². The molecule has 2 aliphatic carbocycles. The van der Waals surface area contributed by atoms with E-state index in [1.807, 2.05) is 28.9 Å². The number of carbonyl (C=O) groups is 2. The number of aryl methyl sites for hydroxylation is 2. The van der Waals surface area contributed by atoms with Gasteiger partial charge in [-0.2, -0.15) is 0 Å². The molecule has 1 saturated carbocycles. The minimum absolute atomic E-state index is 0.0700. The molecule has 196 valence electrons. The zero-order valence-corrected chi connectivity index (χ0v) is 22.5. The molecular weight excluding hydrogens is 498 g/mol. The number of amides is 2. The summed E-state index contributed by atoms with van der Waals surface area (Å²) in [4.78, 5) is 30.7. The van der Waals surface area contributed by atoms with Gasteiger partial charge in [0.1, 0.15) is 0 Å². The van der Waals surface area contributed by atoms with Gasteiger partial charge in [0.2, 0.25) is 5.91 Å². The summed E-state index contributed by atoms with van der Waals surface area (Å²) in [5.74, 6) is 0.962. The van der Waals surface area contributed by atoms with Crippen LogP contribution in [0, 0.1) is 12.8 Å². The zero-order valence-electron chi connectivity index (χ0n) is 21.7. The Morgan fingerprint density at radius 1 is 1.03 bits per heavy atom. The third kappa shape index (κ3) is 4.12. The van der Waals surface area contributed by atoms with Crippen LogP contribution < -0.4 is 0 Å². The number of rotatable bonds is 5. The van der Waals surface area contributed by atoms with Gasteiger partial charge in [0.05, 0.1) is 28.9 Å². The first-order valence-corrected chi connectivity index (χ1v) is 14.3. The van der Waals surface area contributed by atoms with E-state index >= 15 is 0 Å². The van der Waals surface area contributed by atoms with Gasteiger partial charge >= 0.3 is 0 Å². The number of halogens is 1. The van der Waals surface area contributed by atoms with Crippen molar-refractivity contribution >= 4 is 23.4 Å². The summed E-state index contributed by atoms with van der Waals surface area (Å²) in [6.45, 7) is 3.82. The minimum atomic E-state index is -0.125. The van der Waals surface area contributed by atoms with E-state index in [-0.39, 0.29) is 17.9 Å². The molecule has 38 heavy (non-hydrogen) atoms. The van der Waals surface area contributed by atoms with Gasteiger partial charge in [0.15, 0.2) is 5.69 Å². The Balaban J connectivity index is 1.04. The maximum absolute atomic E-state index is 13.5. The number of carbonyl (C=O) groups excluding carboxylic acids is 2. The highest BCUT2D eigenvalue weighted by Gasteiger charge is 2.45. The smallest absolute Gasteiger partial charge is 0.276 e. The number of hydrogen-bond donors (Lipinski definition) is 0. The Kier molecular flexibility index (Phi) is 5.80. The Morgan fingerprint density at radius 3 is 2.68 bits per heavy atom. The lowest BCUT2D eigenvalue weighted by molar-refractivity contribution is -0.131. The summed E-state index contributed by atoms with van der Waals surface area (Å²) in [5, 5.41) is 9.17. The number of likely N-dealkylation sites (tertiary alicyclic amines) is 2. The van der Waals surface area contributed by atoms with E-state index in [1.165, 1.54) is 36.0 Å².